The minimum Gasteiger partial charge on any atom is -0.326 e. The van der Waals surface area contributed by atoms with Crippen molar-refractivity contribution >= 4 is 45.9 Å². The van der Waals surface area contributed by atoms with E-state index >= 15 is 0 Å². The third-order valence-corrected chi connectivity index (χ3v) is 4.97. The van der Waals surface area contributed by atoms with Crippen molar-refractivity contribution in [1.29, 1.82) is 0 Å². The fourth-order valence-corrected chi connectivity index (χ4v) is 3.51. The minimum absolute atomic E-state index is 0.0390. The van der Waals surface area contributed by atoms with Crippen LogP contribution in [0, 0.1) is 0 Å². The molecule has 0 saturated heterocycles. The first kappa shape index (κ1) is 16.4. The molecular weight excluding hydrogens is 340 g/mol. The van der Waals surface area contributed by atoms with Crippen LogP contribution in [-0.4, -0.2) is 11.8 Å². The number of anilines is 2. The lowest BCUT2D eigenvalue weighted by atomic mass is 10.2. The zero-order valence-corrected chi connectivity index (χ0v) is 14.5. The fraction of sp³-hybridized carbons (Fsp3) is 0.111. The van der Waals surface area contributed by atoms with Crippen LogP contribution in [0.3, 0.4) is 0 Å². The van der Waals surface area contributed by atoms with E-state index in [-0.39, 0.29) is 11.8 Å². The number of nitrogens with one attached hydrogen (secondary N) is 2. The number of carbonyl (C=O) groups excluding carboxylic acids is 2. The van der Waals surface area contributed by atoms with Gasteiger partial charge in [0.05, 0.1) is 4.88 Å². The van der Waals surface area contributed by atoms with E-state index in [2.05, 4.69) is 10.6 Å². The molecule has 6 heteroatoms. The second-order valence-corrected chi connectivity index (χ2v) is 6.92. The Morgan fingerprint density at radius 1 is 0.958 bits per heavy atom. The summed E-state index contributed by atoms with van der Waals surface area (Å²) < 4.78 is 0. The number of amides is 2. The number of carbonyl (C=O) groups is 2. The standard InChI is InChI=1S/C18H16N2O2S2/c21-17(7-6-13-8-10-23-12-13)19-14-3-1-4-15(11-14)20-18(22)16-5-2-9-24-16/h1-5,8-12H,6-7H2,(H,19,21)(H,20,22). The van der Waals surface area contributed by atoms with Crippen molar-refractivity contribution in [3.05, 3.63) is 69.0 Å². The Bertz CT molecular complexity index is 811. The molecule has 3 rings (SSSR count). The number of hydrogen-bond donors (Lipinski definition) is 2. The second kappa shape index (κ2) is 7.90. The van der Waals surface area contributed by atoms with Crippen LogP contribution in [0.2, 0.25) is 0 Å². The fourth-order valence-electron chi connectivity index (χ4n) is 2.19. The van der Waals surface area contributed by atoms with Crippen molar-refractivity contribution in [2.24, 2.45) is 0 Å². The summed E-state index contributed by atoms with van der Waals surface area (Å²) in [4.78, 5) is 24.7. The normalized spacial score (nSPS) is 10.3. The van der Waals surface area contributed by atoms with Crippen molar-refractivity contribution in [2.75, 3.05) is 10.6 Å². The summed E-state index contributed by atoms with van der Waals surface area (Å²) in [6, 6.07) is 12.8. The van der Waals surface area contributed by atoms with Crippen LogP contribution >= 0.6 is 22.7 Å². The topological polar surface area (TPSA) is 58.2 Å². The lowest BCUT2D eigenvalue weighted by molar-refractivity contribution is -0.116. The van der Waals surface area contributed by atoms with Gasteiger partial charge >= 0.3 is 0 Å². The highest BCUT2D eigenvalue weighted by Gasteiger charge is 2.08. The highest BCUT2D eigenvalue weighted by Crippen LogP contribution is 2.18. The summed E-state index contributed by atoms with van der Waals surface area (Å²) in [6.07, 6.45) is 1.16. The van der Waals surface area contributed by atoms with Gasteiger partial charge in [0.2, 0.25) is 5.91 Å². The Balaban J connectivity index is 1.56. The maximum absolute atomic E-state index is 12.1. The third-order valence-electron chi connectivity index (χ3n) is 3.37. The molecule has 1 aromatic carbocycles. The summed E-state index contributed by atoms with van der Waals surface area (Å²) in [5, 5.41) is 11.6. The number of benzene rings is 1. The van der Waals surface area contributed by atoms with Gasteiger partial charge in [-0.1, -0.05) is 12.1 Å². The van der Waals surface area contributed by atoms with Gasteiger partial charge in [0.1, 0.15) is 0 Å². The van der Waals surface area contributed by atoms with Gasteiger partial charge in [-0.25, -0.2) is 0 Å². The molecular formula is C18H16N2O2S2. The van der Waals surface area contributed by atoms with Crippen LogP contribution in [0.15, 0.2) is 58.6 Å². The third kappa shape index (κ3) is 4.53. The molecule has 0 unspecified atom stereocenters. The molecule has 2 amide bonds. The zero-order valence-electron chi connectivity index (χ0n) is 12.8. The molecule has 0 radical (unpaired) electrons. The van der Waals surface area contributed by atoms with Gasteiger partial charge in [-0.3, -0.25) is 9.59 Å². The van der Waals surface area contributed by atoms with Gasteiger partial charge in [-0.15, -0.1) is 11.3 Å². The largest absolute Gasteiger partial charge is 0.326 e. The summed E-state index contributed by atoms with van der Waals surface area (Å²) in [5.74, 6) is -0.186. The van der Waals surface area contributed by atoms with E-state index in [0.29, 0.717) is 22.7 Å². The highest BCUT2D eigenvalue weighted by molar-refractivity contribution is 7.12. The van der Waals surface area contributed by atoms with E-state index in [4.69, 9.17) is 0 Å². The Hall–Kier alpha value is -2.44. The average molecular weight is 356 g/mol. The average Bonchev–Trinajstić information content (AvgIpc) is 3.27. The van der Waals surface area contributed by atoms with E-state index < -0.39 is 0 Å². The predicted octanol–water partition coefficient (Wildman–Crippen LogP) is 4.63. The van der Waals surface area contributed by atoms with Gasteiger partial charge in [0, 0.05) is 17.8 Å². The molecule has 0 atom stereocenters. The molecule has 2 aromatic heterocycles. The molecule has 0 saturated carbocycles. The number of aryl methyl sites for hydroxylation is 1. The Morgan fingerprint density at radius 3 is 2.50 bits per heavy atom. The maximum Gasteiger partial charge on any atom is 0.265 e. The van der Waals surface area contributed by atoms with Gasteiger partial charge < -0.3 is 10.6 Å². The molecule has 0 aliphatic rings. The Labute approximate surface area is 148 Å². The summed E-state index contributed by atoms with van der Waals surface area (Å²) >= 11 is 3.02. The van der Waals surface area contributed by atoms with Crippen molar-refractivity contribution in [2.45, 2.75) is 12.8 Å². The monoisotopic (exact) mass is 356 g/mol. The zero-order chi connectivity index (χ0) is 16.8. The van der Waals surface area contributed by atoms with Gasteiger partial charge in [0.15, 0.2) is 0 Å². The van der Waals surface area contributed by atoms with Crippen LogP contribution in [0.25, 0.3) is 0 Å². The highest BCUT2D eigenvalue weighted by atomic mass is 32.1. The molecule has 3 aromatic rings. The molecule has 4 nitrogen and oxygen atoms in total. The predicted molar refractivity (Wildman–Crippen MR) is 100.0 cm³/mol. The second-order valence-electron chi connectivity index (χ2n) is 5.19. The van der Waals surface area contributed by atoms with E-state index in [1.165, 1.54) is 16.9 Å². The lowest BCUT2D eigenvalue weighted by Gasteiger charge is -2.08. The van der Waals surface area contributed by atoms with E-state index in [9.17, 15) is 9.59 Å². The molecule has 0 aliphatic heterocycles. The van der Waals surface area contributed by atoms with Gasteiger partial charge in [-0.2, -0.15) is 11.3 Å². The van der Waals surface area contributed by atoms with Crippen molar-refractivity contribution in [3.63, 3.8) is 0 Å². The van der Waals surface area contributed by atoms with E-state index in [1.807, 2.05) is 34.3 Å². The lowest BCUT2D eigenvalue weighted by Crippen LogP contribution is -2.13. The van der Waals surface area contributed by atoms with E-state index in [0.717, 1.165) is 6.42 Å². The van der Waals surface area contributed by atoms with Crippen molar-refractivity contribution in [3.8, 4) is 0 Å². The minimum atomic E-state index is -0.147. The van der Waals surface area contributed by atoms with Crippen molar-refractivity contribution < 1.29 is 9.59 Å². The molecule has 0 spiro atoms. The molecule has 0 fully saturated rings. The molecule has 2 heterocycles. The number of thiophene rings is 2. The summed E-state index contributed by atoms with van der Waals surface area (Å²) in [6.45, 7) is 0. The molecule has 24 heavy (non-hydrogen) atoms. The first-order valence-electron chi connectivity index (χ1n) is 7.46. The van der Waals surface area contributed by atoms with Crippen LogP contribution in [0.1, 0.15) is 21.7 Å². The molecule has 0 bridgehead atoms. The van der Waals surface area contributed by atoms with Crippen LogP contribution in [0.5, 0.6) is 0 Å². The first-order valence-corrected chi connectivity index (χ1v) is 9.29. The first-order chi connectivity index (χ1) is 11.7. The Kier molecular flexibility index (Phi) is 5.40. The number of rotatable bonds is 6. The van der Waals surface area contributed by atoms with Gasteiger partial charge in [0.25, 0.3) is 5.91 Å². The van der Waals surface area contributed by atoms with Gasteiger partial charge in [-0.05, 0) is 58.5 Å². The summed E-state index contributed by atoms with van der Waals surface area (Å²) in [5.41, 5.74) is 2.51. The molecule has 2 N–H and O–H groups in total. The van der Waals surface area contributed by atoms with E-state index in [1.54, 1.807) is 35.6 Å². The molecule has 122 valence electrons. The Morgan fingerprint density at radius 2 is 1.79 bits per heavy atom. The maximum atomic E-state index is 12.1. The molecule has 0 aliphatic carbocycles. The van der Waals surface area contributed by atoms with Crippen molar-refractivity contribution in [1.82, 2.24) is 0 Å². The quantitative estimate of drug-likeness (QED) is 0.676. The van der Waals surface area contributed by atoms with Crippen LogP contribution < -0.4 is 10.6 Å². The summed E-state index contributed by atoms with van der Waals surface area (Å²) in [7, 11) is 0. The van der Waals surface area contributed by atoms with Crippen LogP contribution in [0.4, 0.5) is 11.4 Å². The smallest absolute Gasteiger partial charge is 0.265 e. The SMILES string of the molecule is O=C(CCc1ccsc1)Nc1cccc(NC(=O)c2cccs2)c1. The number of hydrogen-bond acceptors (Lipinski definition) is 4. The van der Waals surface area contributed by atoms with Crippen LogP contribution in [-0.2, 0) is 11.2 Å².